The molecule has 0 bridgehead atoms. The Morgan fingerprint density at radius 1 is 1.07 bits per heavy atom. The predicted molar refractivity (Wildman–Crippen MR) is 127 cm³/mol. The lowest BCUT2D eigenvalue weighted by Crippen LogP contribution is -2.02. The van der Waals surface area contributed by atoms with Gasteiger partial charge in [-0.05, 0) is 66.9 Å². The van der Waals surface area contributed by atoms with Crippen molar-refractivity contribution < 1.29 is 9.13 Å². The van der Waals surface area contributed by atoms with Crippen LogP contribution in [0.5, 0.6) is 5.75 Å². The van der Waals surface area contributed by atoms with Crippen molar-refractivity contribution >= 4 is 17.2 Å². The highest BCUT2D eigenvalue weighted by Crippen LogP contribution is 2.36. The Hall–Kier alpha value is -2.06. The Balaban J connectivity index is 1.69. The number of ether oxygens (including phenoxy) is 1. The first-order valence-electron chi connectivity index (χ1n) is 11.2. The summed E-state index contributed by atoms with van der Waals surface area (Å²) in [5.74, 6) is 0.656. The molecule has 3 rings (SSSR count). The van der Waals surface area contributed by atoms with Gasteiger partial charge in [0.2, 0.25) is 0 Å². The third-order valence-electron chi connectivity index (χ3n) is 5.68. The van der Waals surface area contributed by atoms with E-state index >= 15 is 0 Å². The highest BCUT2D eigenvalue weighted by molar-refractivity contribution is 6.32. The van der Waals surface area contributed by atoms with Gasteiger partial charge < -0.3 is 4.74 Å². The molecule has 1 atom stereocenters. The maximum absolute atomic E-state index is 14.9. The van der Waals surface area contributed by atoms with E-state index in [-0.39, 0.29) is 5.02 Å². The smallest absolute Gasteiger partial charge is 0.153 e. The van der Waals surface area contributed by atoms with E-state index in [9.17, 15) is 4.39 Å². The molecule has 1 nitrogen and oxygen atoms in total. The first kappa shape index (κ1) is 22.6. The molecule has 160 valence electrons. The van der Waals surface area contributed by atoms with Crippen LogP contribution in [0.25, 0.3) is 16.7 Å². The third kappa shape index (κ3) is 5.76. The molecule has 2 aromatic carbocycles. The van der Waals surface area contributed by atoms with E-state index in [4.69, 9.17) is 16.3 Å². The van der Waals surface area contributed by atoms with Crippen molar-refractivity contribution in [2.24, 2.45) is 5.92 Å². The van der Waals surface area contributed by atoms with E-state index in [1.165, 1.54) is 30.4 Å². The number of unbranched alkanes of at least 4 members (excludes halogenated alkanes) is 2. The first-order valence-corrected chi connectivity index (χ1v) is 11.6. The van der Waals surface area contributed by atoms with Gasteiger partial charge in [-0.15, -0.1) is 0 Å². The molecule has 0 aromatic heterocycles. The SMILES string of the molecule is CCCC=CC1CC=C(c2ccc(-c3ccc(OCCCC)c(Cl)c3F)cc2)CC1. The fourth-order valence-corrected chi connectivity index (χ4v) is 4.02. The summed E-state index contributed by atoms with van der Waals surface area (Å²) in [6.45, 7) is 4.85. The largest absolute Gasteiger partial charge is 0.492 e. The molecular formula is C27H32ClFO. The molecule has 0 spiro atoms. The average molecular weight is 427 g/mol. The maximum atomic E-state index is 14.9. The van der Waals surface area contributed by atoms with Crippen LogP contribution < -0.4 is 4.74 Å². The zero-order valence-electron chi connectivity index (χ0n) is 18.1. The molecular weight excluding hydrogens is 395 g/mol. The Labute approximate surface area is 185 Å². The van der Waals surface area contributed by atoms with Crippen molar-refractivity contribution in [2.45, 2.75) is 58.8 Å². The van der Waals surface area contributed by atoms with Gasteiger partial charge in [0, 0.05) is 5.56 Å². The predicted octanol–water partition coefficient (Wildman–Crippen LogP) is 8.86. The van der Waals surface area contributed by atoms with Gasteiger partial charge in [0.25, 0.3) is 0 Å². The topological polar surface area (TPSA) is 9.23 Å². The summed E-state index contributed by atoms with van der Waals surface area (Å²) in [7, 11) is 0. The van der Waals surface area contributed by atoms with Crippen molar-refractivity contribution in [1.29, 1.82) is 0 Å². The van der Waals surface area contributed by atoms with E-state index in [0.29, 0.717) is 23.8 Å². The number of rotatable bonds is 9. The van der Waals surface area contributed by atoms with Crippen molar-refractivity contribution in [3.05, 3.63) is 71.0 Å². The number of hydrogen-bond donors (Lipinski definition) is 0. The van der Waals surface area contributed by atoms with Crippen molar-refractivity contribution in [3.8, 4) is 16.9 Å². The van der Waals surface area contributed by atoms with Gasteiger partial charge in [-0.1, -0.05) is 80.8 Å². The van der Waals surface area contributed by atoms with Gasteiger partial charge in [0.15, 0.2) is 5.82 Å². The lowest BCUT2D eigenvalue weighted by Gasteiger charge is -2.20. The highest BCUT2D eigenvalue weighted by atomic mass is 35.5. The second kappa shape index (κ2) is 11.4. The van der Waals surface area contributed by atoms with E-state index in [1.54, 1.807) is 12.1 Å². The molecule has 30 heavy (non-hydrogen) atoms. The average Bonchev–Trinajstić information content (AvgIpc) is 2.78. The molecule has 0 saturated heterocycles. The molecule has 3 heteroatoms. The molecule has 0 amide bonds. The van der Waals surface area contributed by atoms with Crippen LogP contribution in [0.1, 0.15) is 64.4 Å². The molecule has 0 heterocycles. The monoisotopic (exact) mass is 426 g/mol. The van der Waals surface area contributed by atoms with Crippen molar-refractivity contribution in [1.82, 2.24) is 0 Å². The normalized spacial score (nSPS) is 16.7. The minimum Gasteiger partial charge on any atom is -0.492 e. The van der Waals surface area contributed by atoms with Gasteiger partial charge in [0.05, 0.1) is 6.61 Å². The Kier molecular flexibility index (Phi) is 8.57. The van der Waals surface area contributed by atoms with Gasteiger partial charge in [-0.2, -0.15) is 0 Å². The van der Waals surface area contributed by atoms with Gasteiger partial charge >= 0.3 is 0 Å². The van der Waals surface area contributed by atoms with E-state index in [1.807, 2.05) is 12.1 Å². The Bertz CT molecular complexity index is 882. The van der Waals surface area contributed by atoms with Gasteiger partial charge in [0.1, 0.15) is 10.8 Å². The van der Waals surface area contributed by atoms with Crippen LogP contribution in [0.2, 0.25) is 5.02 Å². The summed E-state index contributed by atoms with van der Waals surface area (Å²) in [6, 6.07) is 11.7. The summed E-state index contributed by atoms with van der Waals surface area (Å²) >= 11 is 6.22. The van der Waals surface area contributed by atoms with Crippen LogP contribution in [0.3, 0.4) is 0 Å². The molecule has 0 radical (unpaired) electrons. The highest BCUT2D eigenvalue weighted by Gasteiger charge is 2.16. The number of allylic oxidation sites excluding steroid dienone is 4. The number of benzene rings is 2. The summed E-state index contributed by atoms with van der Waals surface area (Å²) in [6.07, 6.45) is 14.8. The van der Waals surface area contributed by atoms with E-state index in [0.717, 1.165) is 31.2 Å². The molecule has 1 aliphatic carbocycles. The van der Waals surface area contributed by atoms with E-state index in [2.05, 4.69) is 44.2 Å². The van der Waals surface area contributed by atoms with Crippen LogP contribution in [0.15, 0.2) is 54.6 Å². The maximum Gasteiger partial charge on any atom is 0.153 e. The molecule has 1 aliphatic rings. The summed E-state index contributed by atoms with van der Waals surface area (Å²) in [4.78, 5) is 0. The Morgan fingerprint density at radius 3 is 2.50 bits per heavy atom. The molecule has 0 fully saturated rings. The van der Waals surface area contributed by atoms with Crippen molar-refractivity contribution in [2.75, 3.05) is 6.61 Å². The molecule has 0 aliphatic heterocycles. The first-order chi connectivity index (χ1) is 14.6. The minimum atomic E-state index is -0.419. The van der Waals surface area contributed by atoms with E-state index < -0.39 is 5.82 Å². The fourth-order valence-electron chi connectivity index (χ4n) is 3.80. The van der Waals surface area contributed by atoms with Gasteiger partial charge in [-0.25, -0.2) is 4.39 Å². The standard InChI is InChI=1S/C27H32ClFO/c1-3-5-7-8-20-9-11-21(12-10-20)22-13-15-23(16-14-22)24-17-18-25(26(28)27(24)29)30-19-6-4-2/h7-8,11,13-18,20H,3-6,9-10,12,19H2,1-2H3. The minimum absolute atomic E-state index is 0.0600. The lowest BCUT2D eigenvalue weighted by atomic mass is 9.86. The van der Waals surface area contributed by atoms with Crippen LogP contribution >= 0.6 is 11.6 Å². The molecule has 0 saturated carbocycles. The fraction of sp³-hybridized carbons (Fsp3) is 0.407. The van der Waals surface area contributed by atoms with Crippen LogP contribution in [-0.4, -0.2) is 6.61 Å². The van der Waals surface area contributed by atoms with Gasteiger partial charge in [-0.3, -0.25) is 0 Å². The molecule has 1 unspecified atom stereocenters. The second-order valence-corrected chi connectivity index (χ2v) is 8.38. The van der Waals surface area contributed by atoms with Crippen LogP contribution in [0.4, 0.5) is 4.39 Å². The third-order valence-corrected chi connectivity index (χ3v) is 6.04. The summed E-state index contributed by atoms with van der Waals surface area (Å²) in [5.41, 5.74) is 3.95. The zero-order valence-corrected chi connectivity index (χ0v) is 18.9. The Morgan fingerprint density at radius 2 is 1.83 bits per heavy atom. The summed E-state index contributed by atoms with van der Waals surface area (Å²) < 4.78 is 20.5. The summed E-state index contributed by atoms with van der Waals surface area (Å²) in [5, 5.41) is 0.0600. The second-order valence-electron chi connectivity index (χ2n) is 8.00. The molecule has 0 N–H and O–H groups in total. The lowest BCUT2D eigenvalue weighted by molar-refractivity contribution is 0.308. The quantitative estimate of drug-likeness (QED) is 0.287. The number of hydrogen-bond acceptors (Lipinski definition) is 1. The molecule has 2 aromatic rings. The zero-order chi connectivity index (χ0) is 21.3. The number of halogens is 2. The van der Waals surface area contributed by atoms with Crippen molar-refractivity contribution in [3.63, 3.8) is 0 Å². The van der Waals surface area contributed by atoms with Crippen LogP contribution in [0, 0.1) is 11.7 Å². The van der Waals surface area contributed by atoms with Crippen LogP contribution in [-0.2, 0) is 0 Å².